The number of phenols is 2. The Morgan fingerprint density at radius 1 is 0.429 bits per heavy atom. The Hall–Kier alpha value is -8.23. The standard InChI is InChI=1S/C62H58N4O4/c1-3-25-69-61-51-27-47-31-55(63-39-43-17-9-5-10-18-43)33-49(59(47)67)29-53-37-58(66-42-46-23-15-8-16-24-46)38-54(62(53)70-26-4-2)30-50-34-56(64-40-44-19-11-6-12-20-44)32-48(60(50)68)28-52(61)36-57(35-51)65-41-45-21-13-7-14-22-45/h5-24,31-39,41-42,64,67-68H,3-4,25-30,40H2,1-2H3. The van der Waals surface area contributed by atoms with Gasteiger partial charge in [-0.1, -0.05) is 135 Å². The van der Waals surface area contributed by atoms with Gasteiger partial charge in [0, 0.05) is 101 Å². The number of phenolic OH excluding ortho intramolecular Hbond substituents is 2. The van der Waals surface area contributed by atoms with Crippen molar-refractivity contribution in [2.45, 2.75) is 58.9 Å². The first-order valence-electron chi connectivity index (χ1n) is 24.2. The fourth-order valence-electron chi connectivity index (χ4n) is 8.83. The van der Waals surface area contributed by atoms with Crippen molar-refractivity contribution in [2.75, 3.05) is 18.5 Å². The highest BCUT2D eigenvalue weighted by Gasteiger charge is 2.23. The molecule has 0 heterocycles. The number of nitrogens with zero attached hydrogens (tertiary/aromatic N) is 3. The van der Waals surface area contributed by atoms with E-state index in [1.807, 2.05) is 152 Å². The van der Waals surface area contributed by atoms with Gasteiger partial charge in [-0.3, -0.25) is 15.0 Å². The van der Waals surface area contributed by atoms with Crippen LogP contribution in [0.3, 0.4) is 0 Å². The van der Waals surface area contributed by atoms with E-state index in [0.717, 1.165) is 85.5 Å². The summed E-state index contributed by atoms with van der Waals surface area (Å²) in [5.41, 5.74) is 13.3. The van der Waals surface area contributed by atoms with Crippen LogP contribution in [0.2, 0.25) is 0 Å². The molecule has 9 rings (SSSR count). The second kappa shape index (κ2) is 22.7. The third kappa shape index (κ3) is 11.9. The number of benzene rings is 8. The highest BCUT2D eigenvalue weighted by atomic mass is 16.5. The fourth-order valence-corrected chi connectivity index (χ4v) is 8.83. The van der Waals surface area contributed by atoms with E-state index in [-0.39, 0.29) is 11.5 Å². The summed E-state index contributed by atoms with van der Waals surface area (Å²) >= 11 is 0. The Morgan fingerprint density at radius 3 is 1.09 bits per heavy atom. The molecule has 8 heteroatoms. The molecule has 8 nitrogen and oxygen atoms in total. The van der Waals surface area contributed by atoms with Gasteiger partial charge in [0.2, 0.25) is 0 Å². The lowest BCUT2D eigenvalue weighted by atomic mass is 9.90. The number of aromatic hydroxyl groups is 2. The minimum absolute atomic E-state index is 0.171. The predicted molar refractivity (Wildman–Crippen MR) is 287 cm³/mol. The van der Waals surface area contributed by atoms with Crippen molar-refractivity contribution in [1.82, 2.24) is 0 Å². The number of hydrogen-bond acceptors (Lipinski definition) is 8. The number of aliphatic imine (C=N–C) groups is 3. The van der Waals surface area contributed by atoms with Crippen LogP contribution in [-0.2, 0) is 32.2 Å². The second-order valence-corrected chi connectivity index (χ2v) is 17.7. The normalized spacial score (nSPS) is 12.4. The zero-order valence-electron chi connectivity index (χ0n) is 39.8. The van der Waals surface area contributed by atoms with Crippen molar-refractivity contribution in [3.63, 3.8) is 0 Å². The van der Waals surface area contributed by atoms with Gasteiger partial charge in [-0.15, -0.1) is 0 Å². The van der Waals surface area contributed by atoms with Gasteiger partial charge in [0.15, 0.2) is 0 Å². The molecule has 350 valence electrons. The first-order valence-corrected chi connectivity index (χ1v) is 24.2. The lowest BCUT2D eigenvalue weighted by Crippen LogP contribution is -2.08. The molecule has 0 aliphatic heterocycles. The van der Waals surface area contributed by atoms with E-state index >= 15 is 0 Å². The fraction of sp³-hybridized carbons (Fsp3) is 0.177. The van der Waals surface area contributed by atoms with Gasteiger partial charge in [0.1, 0.15) is 23.0 Å². The molecule has 0 radical (unpaired) electrons. The molecule has 0 aromatic heterocycles. The average Bonchev–Trinajstić information content (AvgIpc) is 3.39. The summed E-state index contributed by atoms with van der Waals surface area (Å²) < 4.78 is 13.5. The average molecular weight is 923 g/mol. The van der Waals surface area contributed by atoms with Crippen LogP contribution in [0.4, 0.5) is 22.7 Å². The van der Waals surface area contributed by atoms with Crippen molar-refractivity contribution in [3.05, 3.63) is 237 Å². The van der Waals surface area contributed by atoms with Gasteiger partial charge in [-0.25, -0.2) is 0 Å². The van der Waals surface area contributed by atoms with Crippen molar-refractivity contribution < 1.29 is 19.7 Å². The lowest BCUT2D eigenvalue weighted by molar-refractivity contribution is 0.311. The number of fused-ring (bicyclic) bond motifs is 8. The molecule has 0 unspecified atom stereocenters. The van der Waals surface area contributed by atoms with Gasteiger partial charge >= 0.3 is 0 Å². The van der Waals surface area contributed by atoms with Crippen LogP contribution in [0.25, 0.3) is 0 Å². The Morgan fingerprint density at radius 2 is 0.743 bits per heavy atom. The number of hydrogen-bond donors (Lipinski definition) is 3. The van der Waals surface area contributed by atoms with Crippen LogP contribution in [0, 0.1) is 0 Å². The van der Waals surface area contributed by atoms with Crippen molar-refractivity contribution in [2.24, 2.45) is 15.0 Å². The van der Waals surface area contributed by atoms with Crippen LogP contribution >= 0.6 is 0 Å². The van der Waals surface area contributed by atoms with Gasteiger partial charge < -0.3 is 25.0 Å². The first kappa shape index (κ1) is 46.9. The van der Waals surface area contributed by atoms with Gasteiger partial charge in [0.05, 0.1) is 30.3 Å². The summed E-state index contributed by atoms with van der Waals surface area (Å²) in [6, 6.07) is 56.6. The molecule has 0 fully saturated rings. The summed E-state index contributed by atoms with van der Waals surface area (Å²) in [6.45, 7) is 5.74. The molecule has 0 spiro atoms. The van der Waals surface area contributed by atoms with Crippen LogP contribution in [-0.4, -0.2) is 42.1 Å². The van der Waals surface area contributed by atoms with Crippen LogP contribution in [0.1, 0.15) is 93.5 Å². The lowest BCUT2D eigenvalue weighted by Gasteiger charge is -2.22. The van der Waals surface area contributed by atoms with E-state index in [4.69, 9.17) is 24.5 Å². The molecule has 0 saturated carbocycles. The number of anilines is 1. The van der Waals surface area contributed by atoms with Crippen molar-refractivity contribution in [1.29, 1.82) is 0 Å². The van der Waals surface area contributed by atoms with Crippen molar-refractivity contribution >= 4 is 41.4 Å². The third-order valence-electron chi connectivity index (χ3n) is 12.2. The molecule has 0 amide bonds. The topological polar surface area (TPSA) is 108 Å². The maximum atomic E-state index is 12.6. The predicted octanol–water partition coefficient (Wildman–Crippen LogP) is 14.2. The maximum absolute atomic E-state index is 12.6. The largest absolute Gasteiger partial charge is 0.507 e. The third-order valence-corrected chi connectivity index (χ3v) is 12.2. The molecular weight excluding hydrogens is 865 g/mol. The summed E-state index contributed by atoms with van der Waals surface area (Å²) in [7, 11) is 0. The van der Waals surface area contributed by atoms with Gasteiger partial charge in [0.25, 0.3) is 0 Å². The van der Waals surface area contributed by atoms with Gasteiger partial charge in [-0.2, -0.15) is 0 Å². The summed E-state index contributed by atoms with van der Waals surface area (Å²) in [4.78, 5) is 15.1. The molecule has 8 aromatic carbocycles. The van der Waals surface area contributed by atoms with E-state index in [0.29, 0.717) is 73.8 Å². The Balaban J connectivity index is 1.28. The monoisotopic (exact) mass is 922 g/mol. The molecule has 1 aliphatic carbocycles. The SMILES string of the molecule is CCCOc1c2cc(N=Cc3ccccc3)cc1Cc1cc(NCc3ccccc3)cc(c1O)Cc1cc(N=Cc3ccccc3)cc(c1OCCC)Cc1cc(N=Cc3ccccc3)cc(c1O)C2. The number of nitrogens with one attached hydrogen (secondary N) is 1. The Kier molecular flexibility index (Phi) is 15.2. The highest BCUT2D eigenvalue weighted by molar-refractivity contribution is 5.84. The molecule has 70 heavy (non-hydrogen) atoms. The summed E-state index contributed by atoms with van der Waals surface area (Å²) in [6.07, 6.45) is 8.47. The smallest absolute Gasteiger partial charge is 0.126 e. The Labute approximate surface area is 411 Å². The van der Waals surface area contributed by atoms with Crippen LogP contribution in [0.15, 0.2) is 185 Å². The van der Waals surface area contributed by atoms with Crippen LogP contribution < -0.4 is 14.8 Å². The van der Waals surface area contributed by atoms with Crippen molar-refractivity contribution in [3.8, 4) is 23.0 Å². The number of rotatable bonds is 15. The maximum Gasteiger partial charge on any atom is 0.126 e. The zero-order valence-corrected chi connectivity index (χ0v) is 39.8. The molecule has 3 N–H and O–H groups in total. The molecule has 1 aliphatic rings. The van der Waals surface area contributed by atoms with E-state index in [9.17, 15) is 10.2 Å². The zero-order chi connectivity index (χ0) is 48.1. The first-order chi connectivity index (χ1) is 34.4. The molecule has 8 bridgehead atoms. The van der Waals surface area contributed by atoms with E-state index < -0.39 is 0 Å². The Bertz CT molecular complexity index is 2970. The molecule has 0 atom stereocenters. The van der Waals surface area contributed by atoms with E-state index in [1.165, 1.54) is 0 Å². The quantitative estimate of drug-likeness (QED) is 0.0701. The second-order valence-electron chi connectivity index (χ2n) is 17.7. The minimum atomic E-state index is 0.171. The van der Waals surface area contributed by atoms with E-state index in [2.05, 4.69) is 55.6 Å². The molecule has 8 aromatic rings. The molecular formula is C62H58N4O4. The summed E-state index contributed by atoms with van der Waals surface area (Å²) in [5.74, 6) is 1.78. The minimum Gasteiger partial charge on any atom is -0.507 e. The highest BCUT2D eigenvalue weighted by Crippen LogP contribution is 2.43. The van der Waals surface area contributed by atoms with Gasteiger partial charge in [-0.05, 0) is 83.6 Å². The van der Waals surface area contributed by atoms with Crippen LogP contribution in [0.5, 0.6) is 23.0 Å². The van der Waals surface area contributed by atoms with E-state index in [1.54, 1.807) is 0 Å². The summed E-state index contributed by atoms with van der Waals surface area (Å²) in [5, 5.41) is 28.9. The number of ether oxygens (including phenoxy) is 2. The molecule has 0 saturated heterocycles.